The summed E-state index contributed by atoms with van der Waals surface area (Å²) in [5.41, 5.74) is -0.386. The van der Waals surface area contributed by atoms with Crippen molar-refractivity contribution in [2.24, 2.45) is 0 Å². The molecule has 0 bridgehead atoms. The van der Waals surface area contributed by atoms with Crippen molar-refractivity contribution in [3.8, 4) is 0 Å². The van der Waals surface area contributed by atoms with Crippen molar-refractivity contribution in [3.05, 3.63) is 39.9 Å². The van der Waals surface area contributed by atoms with Gasteiger partial charge in [0.25, 0.3) is 11.6 Å². The standard InChI is InChI=1S/C10H10N2O5/c13-9(14)5-6-11-10(15)7-3-1-2-4-8(7)12(16)17/h1-4H,5-6H2,(H,11,15)(H,13,14). The van der Waals surface area contributed by atoms with Gasteiger partial charge in [0.2, 0.25) is 0 Å². The lowest BCUT2D eigenvalue weighted by molar-refractivity contribution is -0.385. The number of benzene rings is 1. The molecule has 0 heterocycles. The van der Waals surface area contributed by atoms with Crippen molar-refractivity contribution >= 4 is 17.6 Å². The number of nitro groups is 1. The van der Waals surface area contributed by atoms with E-state index < -0.39 is 16.8 Å². The Morgan fingerprint density at radius 2 is 2.00 bits per heavy atom. The highest BCUT2D eigenvalue weighted by molar-refractivity contribution is 5.98. The SMILES string of the molecule is O=C(O)CCNC(=O)c1ccccc1[N+](=O)[O-]. The first-order chi connectivity index (χ1) is 8.02. The van der Waals surface area contributed by atoms with E-state index in [0.29, 0.717) is 0 Å². The smallest absolute Gasteiger partial charge is 0.305 e. The minimum atomic E-state index is -1.05. The van der Waals surface area contributed by atoms with Crippen LogP contribution < -0.4 is 5.32 Å². The second kappa shape index (κ2) is 5.59. The van der Waals surface area contributed by atoms with Crippen molar-refractivity contribution in [1.29, 1.82) is 0 Å². The number of rotatable bonds is 5. The van der Waals surface area contributed by atoms with Crippen LogP contribution >= 0.6 is 0 Å². The van der Waals surface area contributed by atoms with E-state index in [-0.39, 0.29) is 24.2 Å². The van der Waals surface area contributed by atoms with Crippen molar-refractivity contribution in [2.75, 3.05) is 6.54 Å². The van der Waals surface area contributed by atoms with Crippen LogP contribution in [0.15, 0.2) is 24.3 Å². The number of aliphatic carboxylic acids is 1. The van der Waals surface area contributed by atoms with Crippen LogP contribution in [0.4, 0.5) is 5.69 Å². The predicted octanol–water partition coefficient (Wildman–Crippen LogP) is 0.799. The Hall–Kier alpha value is -2.44. The van der Waals surface area contributed by atoms with E-state index >= 15 is 0 Å². The Kier molecular flexibility index (Phi) is 4.15. The zero-order valence-electron chi connectivity index (χ0n) is 8.75. The van der Waals surface area contributed by atoms with Crippen molar-refractivity contribution in [1.82, 2.24) is 5.32 Å². The number of carbonyl (C=O) groups is 2. The summed E-state index contributed by atoms with van der Waals surface area (Å²) >= 11 is 0. The zero-order valence-corrected chi connectivity index (χ0v) is 8.75. The van der Waals surface area contributed by atoms with Gasteiger partial charge in [0.15, 0.2) is 0 Å². The van der Waals surface area contributed by atoms with E-state index in [4.69, 9.17) is 5.11 Å². The first kappa shape index (κ1) is 12.6. The zero-order chi connectivity index (χ0) is 12.8. The van der Waals surface area contributed by atoms with Crippen LogP contribution in [0.5, 0.6) is 0 Å². The summed E-state index contributed by atoms with van der Waals surface area (Å²) in [5, 5.41) is 21.3. The quantitative estimate of drug-likeness (QED) is 0.582. The molecular weight excluding hydrogens is 228 g/mol. The fourth-order valence-corrected chi connectivity index (χ4v) is 1.20. The lowest BCUT2D eigenvalue weighted by Crippen LogP contribution is -2.26. The Balaban J connectivity index is 2.75. The van der Waals surface area contributed by atoms with E-state index in [1.165, 1.54) is 24.3 Å². The third-order valence-electron chi connectivity index (χ3n) is 1.97. The summed E-state index contributed by atoms with van der Waals surface area (Å²) in [6.45, 7) is -0.0692. The normalized spacial score (nSPS) is 9.65. The van der Waals surface area contributed by atoms with Gasteiger partial charge in [-0.1, -0.05) is 12.1 Å². The second-order valence-corrected chi connectivity index (χ2v) is 3.17. The molecule has 0 unspecified atom stereocenters. The highest BCUT2D eigenvalue weighted by Crippen LogP contribution is 2.17. The summed E-state index contributed by atoms with van der Waals surface area (Å²) in [6.07, 6.45) is -0.230. The van der Waals surface area contributed by atoms with Crippen molar-refractivity contribution < 1.29 is 19.6 Å². The summed E-state index contributed by atoms with van der Waals surface area (Å²) in [4.78, 5) is 31.8. The molecule has 1 aromatic rings. The van der Waals surface area contributed by atoms with E-state index in [2.05, 4.69) is 5.32 Å². The maximum absolute atomic E-state index is 11.5. The van der Waals surface area contributed by atoms with E-state index in [1.54, 1.807) is 0 Å². The number of nitro benzene ring substituents is 1. The Morgan fingerprint density at radius 1 is 1.35 bits per heavy atom. The van der Waals surface area contributed by atoms with E-state index in [0.717, 1.165) is 0 Å². The Labute approximate surface area is 96.2 Å². The largest absolute Gasteiger partial charge is 0.481 e. The average Bonchev–Trinajstić information content (AvgIpc) is 2.28. The van der Waals surface area contributed by atoms with E-state index in [9.17, 15) is 19.7 Å². The van der Waals surface area contributed by atoms with Crippen molar-refractivity contribution in [3.63, 3.8) is 0 Å². The molecular formula is C10H10N2O5. The van der Waals surface area contributed by atoms with Crippen LogP contribution in [0.1, 0.15) is 16.8 Å². The molecule has 0 atom stereocenters. The fourth-order valence-electron chi connectivity index (χ4n) is 1.20. The summed E-state index contributed by atoms with van der Waals surface area (Å²) in [5.74, 6) is -1.70. The number of hydrogen-bond donors (Lipinski definition) is 2. The predicted molar refractivity (Wildman–Crippen MR) is 57.7 cm³/mol. The molecule has 0 aliphatic rings. The molecule has 7 heteroatoms. The summed E-state index contributed by atoms with van der Waals surface area (Å²) in [6, 6.07) is 5.48. The highest BCUT2D eigenvalue weighted by atomic mass is 16.6. The number of nitrogens with one attached hydrogen (secondary N) is 1. The van der Waals surface area contributed by atoms with Gasteiger partial charge in [-0.3, -0.25) is 19.7 Å². The van der Waals surface area contributed by atoms with Crippen LogP contribution in [0.25, 0.3) is 0 Å². The Bertz CT molecular complexity index is 458. The summed E-state index contributed by atoms with van der Waals surface area (Å²) in [7, 11) is 0. The topological polar surface area (TPSA) is 110 Å². The number of carboxylic acids is 1. The lowest BCUT2D eigenvalue weighted by atomic mass is 10.1. The van der Waals surface area contributed by atoms with Gasteiger partial charge in [-0.05, 0) is 6.07 Å². The van der Waals surface area contributed by atoms with Crippen LogP contribution in [-0.2, 0) is 4.79 Å². The second-order valence-electron chi connectivity index (χ2n) is 3.17. The number of nitrogens with zero attached hydrogens (tertiary/aromatic N) is 1. The maximum atomic E-state index is 11.5. The minimum Gasteiger partial charge on any atom is -0.481 e. The Morgan fingerprint density at radius 3 is 2.59 bits per heavy atom. The number of amides is 1. The van der Waals surface area contributed by atoms with Gasteiger partial charge >= 0.3 is 5.97 Å². The number of para-hydroxylation sites is 1. The number of hydrogen-bond acceptors (Lipinski definition) is 4. The van der Waals surface area contributed by atoms with Crippen molar-refractivity contribution in [2.45, 2.75) is 6.42 Å². The summed E-state index contributed by atoms with van der Waals surface area (Å²) < 4.78 is 0. The fraction of sp³-hybridized carbons (Fsp3) is 0.200. The van der Waals surface area contributed by atoms with Gasteiger partial charge in [-0.2, -0.15) is 0 Å². The van der Waals surface area contributed by atoms with Crippen LogP contribution in [0, 0.1) is 10.1 Å². The molecule has 1 rings (SSSR count). The maximum Gasteiger partial charge on any atom is 0.305 e. The molecule has 17 heavy (non-hydrogen) atoms. The molecule has 90 valence electrons. The number of carboxylic acid groups (broad SMARTS) is 1. The molecule has 0 fully saturated rings. The van der Waals surface area contributed by atoms with Gasteiger partial charge in [0.1, 0.15) is 5.56 Å². The molecule has 0 saturated carbocycles. The van der Waals surface area contributed by atoms with Gasteiger partial charge < -0.3 is 10.4 Å². The minimum absolute atomic E-state index is 0.0692. The van der Waals surface area contributed by atoms with Gasteiger partial charge in [-0.15, -0.1) is 0 Å². The van der Waals surface area contributed by atoms with Crippen LogP contribution in [0.3, 0.4) is 0 Å². The first-order valence-electron chi connectivity index (χ1n) is 4.76. The molecule has 7 nitrogen and oxygen atoms in total. The van der Waals surface area contributed by atoms with Gasteiger partial charge in [-0.25, -0.2) is 0 Å². The van der Waals surface area contributed by atoms with Crippen LogP contribution in [-0.4, -0.2) is 28.5 Å². The molecule has 0 aliphatic carbocycles. The first-order valence-corrected chi connectivity index (χ1v) is 4.76. The molecule has 1 aromatic carbocycles. The molecule has 2 N–H and O–H groups in total. The molecule has 0 aliphatic heterocycles. The highest BCUT2D eigenvalue weighted by Gasteiger charge is 2.18. The molecule has 0 aromatic heterocycles. The monoisotopic (exact) mass is 238 g/mol. The van der Waals surface area contributed by atoms with E-state index in [1.807, 2.05) is 0 Å². The van der Waals surface area contributed by atoms with Gasteiger partial charge in [0, 0.05) is 12.6 Å². The molecule has 1 amide bonds. The third-order valence-corrected chi connectivity index (χ3v) is 1.97. The lowest BCUT2D eigenvalue weighted by Gasteiger charge is -2.03. The molecule has 0 spiro atoms. The average molecular weight is 238 g/mol. The van der Waals surface area contributed by atoms with Gasteiger partial charge in [0.05, 0.1) is 11.3 Å². The molecule has 0 radical (unpaired) electrons. The number of carbonyl (C=O) groups excluding carboxylic acids is 1. The van der Waals surface area contributed by atoms with Crippen LogP contribution in [0.2, 0.25) is 0 Å². The third kappa shape index (κ3) is 3.56. The molecule has 0 saturated heterocycles.